The molecule has 1 saturated heterocycles. The standard InChI is InChI=1S/C31H38F2N4O6/c1-18-6-4-5-7-25(18)34-31-35-28-24(32)14-20(27(33)29(28)43-31)15-26(38)37-21(16-36(2)41-3)10-11-22(37)17-42-23-12-8-19(9-13-23)30(39)40/h4-7,14,19,21-23H,8-13,15-17H2,1-3H3,(H,34,35)(H,39,40)/t19?,21-,22-,23?/m0/s1. The van der Waals surface area contributed by atoms with E-state index in [9.17, 15) is 14.7 Å². The number of likely N-dealkylation sites (tertiary alicyclic amines) is 1. The molecule has 0 bridgehead atoms. The van der Waals surface area contributed by atoms with Gasteiger partial charge in [0.2, 0.25) is 5.91 Å². The number of benzene rings is 2. The summed E-state index contributed by atoms with van der Waals surface area (Å²) in [5.41, 5.74) is 0.866. The van der Waals surface area contributed by atoms with Crippen molar-refractivity contribution in [2.75, 3.05) is 32.6 Å². The number of halogens is 2. The van der Waals surface area contributed by atoms with Crippen LogP contribution in [0, 0.1) is 24.5 Å². The summed E-state index contributed by atoms with van der Waals surface area (Å²) in [5.74, 6) is -3.09. The molecule has 232 valence electrons. The zero-order valence-corrected chi connectivity index (χ0v) is 24.6. The lowest BCUT2D eigenvalue weighted by Gasteiger charge is -2.34. The summed E-state index contributed by atoms with van der Waals surface area (Å²) < 4.78 is 42.6. The van der Waals surface area contributed by atoms with E-state index >= 15 is 8.78 Å². The highest BCUT2D eigenvalue weighted by Gasteiger charge is 2.39. The number of hydrogen-bond acceptors (Lipinski definition) is 8. The lowest BCUT2D eigenvalue weighted by Crippen LogP contribution is -2.48. The van der Waals surface area contributed by atoms with Crippen molar-refractivity contribution in [2.45, 2.75) is 70.1 Å². The van der Waals surface area contributed by atoms with Crippen molar-refractivity contribution in [3.63, 3.8) is 0 Å². The lowest BCUT2D eigenvalue weighted by atomic mass is 9.87. The smallest absolute Gasteiger partial charge is 0.306 e. The number of carboxylic acids is 1. The number of carbonyl (C=O) groups is 2. The van der Waals surface area contributed by atoms with Gasteiger partial charge in [-0.25, -0.2) is 8.78 Å². The molecule has 1 aliphatic carbocycles. The maximum Gasteiger partial charge on any atom is 0.306 e. The average Bonchev–Trinajstić information content (AvgIpc) is 3.60. The monoisotopic (exact) mass is 600 g/mol. The summed E-state index contributed by atoms with van der Waals surface area (Å²) in [6, 6.07) is 7.87. The molecule has 2 aromatic carbocycles. The second-order valence-electron chi connectivity index (χ2n) is 11.5. The van der Waals surface area contributed by atoms with Crippen molar-refractivity contribution in [1.29, 1.82) is 0 Å². The molecule has 2 heterocycles. The van der Waals surface area contributed by atoms with Gasteiger partial charge in [-0.1, -0.05) is 18.2 Å². The molecule has 5 rings (SSSR count). The Hall–Kier alpha value is -3.61. The van der Waals surface area contributed by atoms with Gasteiger partial charge in [-0.2, -0.15) is 10.0 Å². The number of fused-ring (bicyclic) bond motifs is 1. The first-order valence-electron chi connectivity index (χ1n) is 14.7. The molecule has 1 amide bonds. The van der Waals surface area contributed by atoms with Gasteiger partial charge in [0.05, 0.1) is 38.2 Å². The minimum Gasteiger partial charge on any atom is -0.481 e. The Kier molecular flexibility index (Phi) is 9.58. The SMILES string of the molecule is CON(C)C[C@@H]1CC[C@@H](COC2CCC(C(=O)O)CC2)N1C(=O)Cc1cc(F)c2nc(Nc3ccccc3C)oc2c1F. The Morgan fingerprint density at radius 3 is 2.56 bits per heavy atom. The minimum absolute atomic E-state index is 0.0533. The van der Waals surface area contributed by atoms with Crippen LogP contribution in [0.4, 0.5) is 20.5 Å². The maximum absolute atomic E-state index is 15.7. The van der Waals surface area contributed by atoms with Gasteiger partial charge in [0, 0.05) is 30.9 Å². The molecule has 0 radical (unpaired) electrons. The first-order valence-corrected chi connectivity index (χ1v) is 14.7. The number of para-hydroxylation sites is 1. The van der Waals surface area contributed by atoms with Crippen LogP contribution >= 0.6 is 0 Å². The van der Waals surface area contributed by atoms with Crippen LogP contribution in [-0.4, -0.2) is 77.4 Å². The lowest BCUT2D eigenvalue weighted by molar-refractivity contribution is -0.146. The molecule has 12 heteroatoms. The number of aryl methyl sites for hydroxylation is 1. The van der Waals surface area contributed by atoms with E-state index in [1.165, 1.54) is 0 Å². The molecule has 1 aliphatic heterocycles. The number of likely N-dealkylation sites (N-methyl/N-ethyl adjacent to an activating group) is 1. The number of carboxylic acid groups (broad SMARTS) is 1. The molecule has 43 heavy (non-hydrogen) atoms. The molecule has 2 fully saturated rings. The molecule has 0 unspecified atom stereocenters. The number of nitrogens with zero attached hydrogens (tertiary/aromatic N) is 3. The van der Waals surface area contributed by atoms with Crippen molar-refractivity contribution in [2.24, 2.45) is 5.92 Å². The third-order valence-electron chi connectivity index (χ3n) is 8.60. The Morgan fingerprint density at radius 1 is 1.14 bits per heavy atom. The zero-order valence-electron chi connectivity index (χ0n) is 24.6. The number of hydroxylamine groups is 2. The molecule has 3 aromatic rings. The zero-order chi connectivity index (χ0) is 30.7. The van der Waals surface area contributed by atoms with Crippen LogP contribution in [0.3, 0.4) is 0 Å². The number of hydrogen-bond donors (Lipinski definition) is 2. The number of aliphatic carboxylic acids is 1. The fraction of sp³-hybridized carbons (Fsp3) is 0.516. The average molecular weight is 601 g/mol. The molecule has 2 aliphatic rings. The minimum atomic E-state index is -0.831. The fourth-order valence-electron chi connectivity index (χ4n) is 6.13. The van der Waals surface area contributed by atoms with Gasteiger partial charge in [-0.05, 0) is 63.1 Å². The molecule has 2 N–H and O–H groups in total. The fourth-order valence-corrected chi connectivity index (χ4v) is 6.13. The topological polar surface area (TPSA) is 117 Å². The number of aromatic nitrogens is 1. The number of nitrogens with one attached hydrogen (secondary N) is 1. The normalized spacial score (nSPS) is 22.4. The predicted molar refractivity (Wildman–Crippen MR) is 155 cm³/mol. The summed E-state index contributed by atoms with van der Waals surface area (Å²) in [7, 11) is 3.31. The van der Waals surface area contributed by atoms with Crippen LogP contribution in [0.5, 0.6) is 0 Å². The molecular formula is C31H38F2N4O6. The Labute approximate surface area is 248 Å². The summed E-state index contributed by atoms with van der Waals surface area (Å²) in [4.78, 5) is 36.2. The molecule has 0 spiro atoms. The van der Waals surface area contributed by atoms with Crippen LogP contribution in [0.25, 0.3) is 11.1 Å². The van der Waals surface area contributed by atoms with Crippen molar-refractivity contribution >= 4 is 34.7 Å². The molecule has 10 nitrogen and oxygen atoms in total. The van der Waals surface area contributed by atoms with E-state index in [1.807, 2.05) is 25.1 Å². The maximum atomic E-state index is 15.7. The first-order chi connectivity index (χ1) is 20.6. The van der Waals surface area contributed by atoms with Crippen molar-refractivity contribution < 1.29 is 37.5 Å². The summed E-state index contributed by atoms with van der Waals surface area (Å²) in [5, 5.41) is 13.9. The number of carbonyl (C=O) groups excluding carboxylic acids is 1. The Morgan fingerprint density at radius 2 is 1.86 bits per heavy atom. The van der Waals surface area contributed by atoms with Gasteiger partial charge in [0.15, 0.2) is 22.7 Å². The summed E-state index contributed by atoms with van der Waals surface area (Å²) >= 11 is 0. The first kappa shape index (κ1) is 30.8. The van der Waals surface area contributed by atoms with Crippen molar-refractivity contribution in [3.05, 3.63) is 53.1 Å². The van der Waals surface area contributed by atoms with Gasteiger partial charge in [0.25, 0.3) is 6.01 Å². The van der Waals surface area contributed by atoms with Crippen molar-refractivity contribution in [3.8, 4) is 0 Å². The largest absolute Gasteiger partial charge is 0.481 e. The molecule has 2 atom stereocenters. The third kappa shape index (κ3) is 6.97. The number of oxazole rings is 1. The van der Waals surface area contributed by atoms with E-state index in [0.717, 1.165) is 11.6 Å². The Balaban J connectivity index is 1.32. The number of ether oxygens (including phenoxy) is 1. The van der Waals surface area contributed by atoms with Gasteiger partial charge >= 0.3 is 5.97 Å². The predicted octanol–water partition coefficient (Wildman–Crippen LogP) is 5.21. The summed E-state index contributed by atoms with van der Waals surface area (Å²) in [6.45, 7) is 2.61. The highest BCUT2D eigenvalue weighted by molar-refractivity contribution is 5.83. The molecular weight excluding hydrogens is 562 g/mol. The van der Waals surface area contributed by atoms with E-state index in [1.54, 1.807) is 30.2 Å². The van der Waals surface area contributed by atoms with Gasteiger partial charge in [0.1, 0.15) is 0 Å². The van der Waals surface area contributed by atoms with Gasteiger partial charge in [-0.3, -0.25) is 9.59 Å². The third-order valence-corrected chi connectivity index (χ3v) is 8.60. The van der Waals surface area contributed by atoms with E-state index < -0.39 is 17.6 Å². The molecule has 1 aromatic heterocycles. The highest BCUT2D eigenvalue weighted by atomic mass is 19.1. The van der Waals surface area contributed by atoms with E-state index in [2.05, 4.69) is 10.3 Å². The van der Waals surface area contributed by atoms with Gasteiger partial charge < -0.3 is 29.3 Å². The number of amides is 1. The second kappa shape index (κ2) is 13.4. The van der Waals surface area contributed by atoms with E-state index in [0.29, 0.717) is 50.8 Å². The van der Waals surface area contributed by atoms with E-state index in [-0.39, 0.29) is 65.7 Å². The second-order valence-corrected chi connectivity index (χ2v) is 11.5. The number of rotatable bonds is 11. The quantitative estimate of drug-likeness (QED) is 0.286. The van der Waals surface area contributed by atoms with Crippen molar-refractivity contribution in [1.82, 2.24) is 14.9 Å². The number of anilines is 2. The van der Waals surface area contributed by atoms with E-state index in [4.69, 9.17) is 14.0 Å². The van der Waals surface area contributed by atoms with Crippen LogP contribution in [-0.2, 0) is 25.6 Å². The van der Waals surface area contributed by atoms with Crippen LogP contribution in [0.2, 0.25) is 0 Å². The van der Waals surface area contributed by atoms with Crippen LogP contribution in [0.1, 0.15) is 49.7 Å². The van der Waals surface area contributed by atoms with Crippen LogP contribution in [0.15, 0.2) is 34.7 Å². The molecule has 1 saturated carbocycles. The Bertz CT molecular complexity index is 1460. The van der Waals surface area contributed by atoms with Crippen LogP contribution < -0.4 is 5.32 Å². The highest BCUT2D eigenvalue weighted by Crippen LogP contribution is 2.32. The van der Waals surface area contributed by atoms with Gasteiger partial charge in [-0.15, -0.1) is 0 Å². The summed E-state index contributed by atoms with van der Waals surface area (Å²) in [6.07, 6.45) is 3.36.